The largest absolute Gasteiger partial charge is 0.340 e. The van der Waals surface area contributed by atoms with Gasteiger partial charge in [0, 0.05) is 19.2 Å². The van der Waals surface area contributed by atoms with E-state index in [4.69, 9.17) is 10.5 Å². The zero-order valence-electron chi connectivity index (χ0n) is 9.84. The third-order valence-electron chi connectivity index (χ3n) is 2.38. The molecule has 1 rings (SSSR count). The van der Waals surface area contributed by atoms with Crippen molar-refractivity contribution >= 4 is 5.91 Å². The van der Waals surface area contributed by atoms with Crippen molar-refractivity contribution < 1.29 is 4.79 Å². The molecule has 0 N–H and O–H groups in total. The van der Waals surface area contributed by atoms with Crippen LogP contribution in [0.2, 0.25) is 0 Å². The molecule has 86 valence electrons. The molecule has 0 heterocycles. The number of rotatable bonds is 3. The van der Waals surface area contributed by atoms with E-state index < -0.39 is 0 Å². The Hall–Kier alpha value is -2.33. The van der Waals surface area contributed by atoms with Crippen molar-refractivity contribution in [3.8, 4) is 12.1 Å². The predicted molar refractivity (Wildman–Crippen MR) is 62.9 cm³/mol. The minimum absolute atomic E-state index is 0.142. The summed E-state index contributed by atoms with van der Waals surface area (Å²) in [5, 5.41) is 17.3. The fourth-order valence-electron chi connectivity index (χ4n) is 1.44. The van der Waals surface area contributed by atoms with E-state index in [1.165, 1.54) is 4.90 Å². The van der Waals surface area contributed by atoms with E-state index >= 15 is 0 Å². The van der Waals surface area contributed by atoms with Crippen molar-refractivity contribution in [1.29, 1.82) is 10.5 Å². The van der Waals surface area contributed by atoms with E-state index in [9.17, 15) is 4.79 Å². The van der Waals surface area contributed by atoms with Crippen LogP contribution in [0.25, 0.3) is 0 Å². The SMILES string of the molecule is CC(C#N)CN(C)C(=O)c1ccc(C#N)cc1. The maximum atomic E-state index is 11.9. The number of carbonyl (C=O) groups is 1. The van der Waals surface area contributed by atoms with Crippen molar-refractivity contribution in [2.45, 2.75) is 6.92 Å². The average molecular weight is 227 g/mol. The van der Waals surface area contributed by atoms with Crippen LogP contribution in [0.5, 0.6) is 0 Å². The van der Waals surface area contributed by atoms with Crippen molar-refractivity contribution in [3.63, 3.8) is 0 Å². The van der Waals surface area contributed by atoms with Crippen LogP contribution in [0.3, 0.4) is 0 Å². The first kappa shape index (κ1) is 12.7. The van der Waals surface area contributed by atoms with E-state index in [-0.39, 0.29) is 11.8 Å². The molecule has 1 unspecified atom stereocenters. The first-order chi connectivity index (χ1) is 8.08. The molecule has 0 aliphatic rings. The molecule has 1 aromatic rings. The van der Waals surface area contributed by atoms with Crippen molar-refractivity contribution in [2.24, 2.45) is 5.92 Å². The molecule has 0 radical (unpaired) electrons. The van der Waals surface area contributed by atoms with Crippen LogP contribution in [0.4, 0.5) is 0 Å². The van der Waals surface area contributed by atoms with Crippen LogP contribution in [-0.2, 0) is 0 Å². The van der Waals surface area contributed by atoms with Gasteiger partial charge in [0.25, 0.3) is 5.91 Å². The molecule has 1 amide bonds. The molecule has 0 bridgehead atoms. The van der Waals surface area contributed by atoms with Gasteiger partial charge in [-0.15, -0.1) is 0 Å². The summed E-state index contributed by atoms with van der Waals surface area (Å²) in [7, 11) is 1.66. The zero-order valence-corrected chi connectivity index (χ0v) is 9.84. The van der Waals surface area contributed by atoms with Gasteiger partial charge < -0.3 is 4.90 Å². The third-order valence-corrected chi connectivity index (χ3v) is 2.38. The standard InChI is InChI=1S/C13H13N3O/c1-10(7-14)9-16(2)13(17)12-5-3-11(8-15)4-6-12/h3-6,10H,9H2,1-2H3. The van der Waals surface area contributed by atoms with E-state index in [0.717, 1.165) is 0 Å². The van der Waals surface area contributed by atoms with E-state index in [1.807, 2.05) is 6.07 Å². The van der Waals surface area contributed by atoms with Gasteiger partial charge >= 0.3 is 0 Å². The Kier molecular flexibility index (Phi) is 4.25. The number of benzene rings is 1. The molecule has 0 fully saturated rings. The fourth-order valence-corrected chi connectivity index (χ4v) is 1.44. The second kappa shape index (κ2) is 5.67. The number of amides is 1. The van der Waals surface area contributed by atoms with Gasteiger partial charge in [-0.2, -0.15) is 10.5 Å². The molecule has 4 nitrogen and oxygen atoms in total. The highest BCUT2D eigenvalue weighted by molar-refractivity contribution is 5.94. The smallest absolute Gasteiger partial charge is 0.253 e. The minimum atomic E-state index is -0.192. The Labute approximate surface area is 101 Å². The highest BCUT2D eigenvalue weighted by Gasteiger charge is 2.13. The van der Waals surface area contributed by atoms with Crippen LogP contribution in [-0.4, -0.2) is 24.4 Å². The normalized spacial score (nSPS) is 11.1. The topological polar surface area (TPSA) is 67.9 Å². The molecule has 0 saturated carbocycles. The molecule has 0 saturated heterocycles. The van der Waals surface area contributed by atoms with Gasteiger partial charge in [0.15, 0.2) is 0 Å². The van der Waals surface area contributed by atoms with E-state index in [1.54, 1.807) is 38.2 Å². The quantitative estimate of drug-likeness (QED) is 0.790. The predicted octanol–water partition coefficient (Wildman–Crippen LogP) is 1.79. The van der Waals surface area contributed by atoms with Gasteiger partial charge in [-0.1, -0.05) is 0 Å². The average Bonchev–Trinajstić information content (AvgIpc) is 2.37. The number of carbonyl (C=O) groups excluding carboxylic acids is 1. The summed E-state index contributed by atoms with van der Waals surface area (Å²) in [4.78, 5) is 13.4. The summed E-state index contributed by atoms with van der Waals surface area (Å²) in [5.41, 5.74) is 1.05. The van der Waals surface area contributed by atoms with Gasteiger partial charge in [-0.05, 0) is 31.2 Å². The van der Waals surface area contributed by atoms with Gasteiger partial charge in [0.2, 0.25) is 0 Å². The molecule has 0 aromatic heterocycles. The van der Waals surface area contributed by atoms with Crippen LogP contribution in [0.1, 0.15) is 22.8 Å². The second-order valence-corrected chi connectivity index (χ2v) is 3.90. The summed E-state index contributed by atoms with van der Waals surface area (Å²) < 4.78 is 0. The maximum absolute atomic E-state index is 11.9. The highest BCUT2D eigenvalue weighted by Crippen LogP contribution is 2.07. The van der Waals surface area contributed by atoms with Crippen molar-refractivity contribution in [3.05, 3.63) is 35.4 Å². The Morgan fingerprint density at radius 2 is 1.94 bits per heavy atom. The lowest BCUT2D eigenvalue weighted by molar-refractivity contribution is 0.0785. The molecular formula is C13H13N3O. The molecule has 1 atom stereocenters. The van der Waals surface area contributed by atoms with E-state index in [0.29, 0.717) is 17.7 Å². The van der Waals surface area contributed by atoms with Crippen molar-refractivity contribution in [2.75, 3.05) is 13.6 Å². The first-order valence-electron chi connectivity index (χ1n) is 5.23. The summed E-state index contributed by atoms with van der Waals surface area (Å²) in [6, 6.07) is 10.5. The Balaban J connectivity index is 2.76. The Morgan fingerprint density at radius 3 is 2.41 bits per heavy atom. The van der Waals surface area contributed by atoms with Gasteiger partial charge in [-0.3, -0.25) is 4.79 Å². The zero-order chi connectivity index (χ0) is 12.8. The lowest BCUT2D eigenvalue weighted by Crippen LogP contribution is -2.30. The summed E-state index contributed by atoms with van der Waals surface area (Å²) in [5.74, 6) is -0.334. The number of hydrogen-bond acceptors (Lipinski definition) is 3. The number of nitrogens with zero attached hydrogens (tertiary/aromatic N) is 3. The Bertz CT molecular complexity index is 479. The first-order valence-corrected chi connectivity index (χ1v) is 5.23. The maximum Gasteiger partial charge on any atom is 0.253 e. The number of hydrogen-bond donors (Lipinski definition) is 0. The fraction of sp³-hybridized carbons (Fsp3) is 0.308. The highest BCUT2D eigenvalue weighted by atomic mass is 16.2. The molecule has 17 heavy (non-hydrogen) atoms. The van der Waals surface area contributed by atoms with Gasteiger partial charge in [0.05, 0.1) is 23.6 Å². The van der Waals surface area contributed by atoms with Crippen molar-refractivity contribution in [1.82, 2.24) is 4.90 Å². The van der Waals surface area contributed by atoms with E-state index in [2.05, 4.69) is 6.07 Å². The third kappa shape index (κ3) is 3.32. The molecule has 4 heteroatoms. The van der Waals surface area contributed by atoms with Gasteiger partial charge in [0.1, 0.15) is 0 Å². The summed E-state index contributed by atoms with van der Waals surface area (Å²) in [6.45, 7) is 2.16. The lowest BCUT2D eigenvalue weighted by atomic mass is 10.1. The monoisotopic (exact) mass is 227 g/mol. The molecular weight excluding hydrogens is 214 g/mol. The molecule has 1 aromatic carbocycles. The van der Waals surface area contributed by atoms with Crippen LogP contribution < -0.4 is 0 Å². The van der Waals surface area contributed by atoms with Crippen LogP contribution in [0, 0.1) is 28.6 Å². The lowest BCUT2D eigenvalue weighted by Gasteiger charge is -2.18. The van der Waals surface area contributed by atoms with Gasteiger partial charge in [-0.25, -0.2) is 0 Å². The molecule has 0 aliphatic carbocycles. The Morgan fingerprint density at radius 1 is 1.35 bits per heavy atom. The number of nitriles is 2. The van der Waals surface area contributed by atoms with Crippen LogP contribution >= 0.6 is 0 Å². The van der Waals surface area contributed by atoms with Crippen LogP contribution in [0.15, 0.2) is 24.3 Å². The summed E-state index contributed by atoms with van der Waals surface area (Å²) in [6.07, 6.45) is 0. The molecule has 0 spiro atoms. The second-order valence-electron chi connectivity index (χ2n) is 3.90. The minimum Gasteiger partial charge on any atom is -0.340 e. The molecule has 0 aliphatic heterocycles. The summed E-state index contributed by atoms with van der Waals surface area (Å²) >= 11 is 0.